The average Bonchev–Trinajstić information content (AvgIpc) is 3.05. The van der Waals surface area contributed by atoms with Gasteiger partial charge < -0.3 is 0 Å². The van der Waals surface area contributed by atoms with Gasteiger partial charge in [-0.05, 0) is 36.9 Å². The first-order valence-electron chi connectivity index (χ1n) is 7.91. The molecule has 6 heteroatoms. The fourth-order valence-electron chi connectivity index (χ4n) is 2.44. The molecule has 3 rings (SSSR count). The molecule has 1 amide bonds. The standard InChI is InChI=1S/C18H19N3OS2/c1-3-4-12-21(17(22)13-8-7-11-19-16(13)23-2)18-20-14-9-5-6-10-15(14)24-18/h5-11H,3-4,12H2,1-2H3. The van der Waals surface area contributed by atoms with Crippen molar-refractivity contribution in [2.24, 2.45) is 0 Å². The van der Waals surface area contributed by atoms with Gasteiger partial charge in [0.2, 0.25) is 0 Å². The molecule has 0 fully saturated rings. The number of unbranched alkanes of at least 4 members (excludes halogenated alkanes) is 1. The number of amides is 1. The van der Waals surface area contributed by atoms with E-state index in [0.717, 1.165) is 33.2 Å². The summed E-state index contributed by atoms with van der Waals surface area (Å²) in [5.74, 6) is -0.0278. The summed E-state index contributed by atoms with van der Waals surface area (Å²) in [4.78, 5) is 23.9. The number of aromatic nitrogens is 2. The Morgan fingerprint density at radius 3 is 2.83 bits per heavy atom. The molecule has 124 valence electrons. The zero-order valence-electron chi connectivity index (χ0n) is 13.7. The number of fused-ring (bicyclic) bond motifs is 1. The van der Waals surface area contributed by atoms with E-state index in [2.05, 4.69) is 16.9 Å². The highest BCUT2D eigenvalue weighted by atomic mass is 32.2. The molecule has 2 aromatic heterocycles. The fourth-order valence-corrected chi connectivity index (χ4v) is 3.97. The molecule has 0 unspecified atom stereocenters. The molecule has 0 spiro atoms. The first-order valence-corrected chi connectivity index (χ1v) is 9.95. The number of anilines is 1. The molecule has 4 nitrogen and oxygen atoms in total. The summed E-state index contributed by atoms with van der Waals surface area (Å²) in [6, 6.07) is 11.6. The molecule has 0 atom stereocenters. The number of nitrogens with zero attached hydrogens (tertiary/aromatic N) is 3. The van der Waals surface area contributed by atoms with E-state index in [9.17, 15) is 4.79 Å². The number of pyridine rings is 1. The Morgan fingerprint density at radius 2 is 2.08 bits per heavy atom. The second kappa shape index (κ2) is 7.77. The Balaban J connectivity index is 2.00. The third-order valence-corrected chi connectivity index (χ3v) is 5.46. The van der Waals surface area contributed by atoms with Crippen LogP contribution in [0.25, 0.3) is 10.2 Å². The average molecular weight is 358 g/mol. The van der Waals surface area contributed by atoms with Crippen molar-refractivity contribution in [3.63, 3.8) is 0 Å². The molecule has 0 saturated carbocycles. The Labute approximate surface area is 149 Å². The summed E-state index contributed by atoms with van der Waals surface area (Å²) < 4.78 is 1.10. The molecule has 0 N–H and O–H groups in total. The largest absolute Gasteiger partial charge is 0.284 e. The van der Waals surface area contributed by atoms with E-state index in [0.29, 0.717) is 12.1 Å². The Hall–Kier alpha value is -1.92. The lowest BCUT2D eigenvalue weighted by Gasteiger charge is -2.20. The minimum atomic E-state index is -0.0278. The lowest BCUT2D eigenvalue weighted by atomic mass is 10.2. The molecule has 0 saturated heterocycles. The maximum Gasteiger partial charge on any atom is 0.262 e. The van der Waals surface area contributed by atoms with Crippen LogP contribution in [0.15, 0.2) is 47.6 Å². The van der Waals surface area contributed by atoms with Crippen molar-refractivity contribution >= 4 is 44.4 Å². The van der Waals surface area contributed by atoms with Gasteiger partial charge in [0.1, 0.15) is 5.03 Å². The van der Waals surface area contributed by atoms with Gasteiger partial charge in [0.05, 0.1) is 15.8 Å². The second-order valence-corrected chi connectivity index (χ2v) is 7.14. The Morgan fingerprint density at radius 1 is 1.25 bits per heavy atom. The summed E-state index contributed by atoms with van der Waals surface area (Å²) in [6.07, 6.45) is 5.62. The SMILES string of the molecule is CCCCN(C(=O)c1cccnc1SC)c1nc2ccccc2s1. The van der Waals surface area contributed by atoms with Gasteiger partial charge >= 0.3 is 0 Å². The van der Waals surface area contributed by atoms with Gasteiger partial charge in [0.15, 0.2) is 5.13 Å². The van der Waals surface area contributed by atoms with Crippen LogP contribution >= 0.6 is 23.1 Å². The van der Waals surface area contributed by atoms with Crippen LogP contribution in [0.3, 0.4) is 0 Å². The number of benzene rings is 1. The van der Waals surface area contributed by atoms with E-state index >= 15 is 0 Å². The van der Waals surface area contributed by atoms with Crippen LogP contribution in [0.4, 0.5) is 5.13 Å². The third-order valence-electron chi connectivity index (χ3n) is 3.69. The summed E-state index contributed by atoms with van der Waals surface area (Å²) in [6.45, 7) is 2.79. The van der Waals surface area contributed by atoms with Crippen LogP contribution < -0.4 is 4.90 Å². The number of rotatable bonds is 6. The van der Waals surface area contributed by atoms with Crippen LogP contribution in [0, 0.1) is 0 Å². The smallest absolute Gasteiger partial charge is 0.262 e. The van der Waals surface area contributed by atoms with Gasteiger partial charge in [0, 0.05) is 12.7 Å². The topological polar surface area (TPSA) is 46.1 Å². The normalized spacial score (nSPS) is 10.9. The van der Waals surface area contributed by atoms with Crippen molar-refractivity contribution in [3.05, 3.63) is 48.2 Å². The Kier molecular flexibility index (Phi) is 5.48. The van der Waals surface area contributed by atoms with Gasteiger partial charge in [-0.3, -0.25) is 9.69 Å². The van der Waals surface area contributed by atoms with Gasteiger partial charge in [-0.15, -0.1) is 11.8 Å². The maximum absolute atomic E-state index is 13.1. The zero-order chi connectivity index (χ0) is 16.9. The minimum Gasteiger partial charge on any atom is -0.284 e. The van der Waals surface area contributed by atoms with Crippen molar-refractivity contribution in [2.75, 3.05) is 17.7 Å². The summed E-state index contributed by atoms with van der Waals surface area (Å²) in [5.41, 5.74) is 1.57. The molecule has 2 heterocycles. The minimum absolute atomic E-state index is 0.0278. The quantitative estimate of drug-likeness (QED) is 0.591. The van der Waals surface area contributed by atoms with Crippen molar-refractivity contribution in [3.8, 4) is 0 Å². The molecule has 1 aromatic carbocycles. The van der Waals surface area contributed by atoms with E-state index in [1.807, 2.05) is 42.7 Å². The van der Waals surface area contributed by atoms with Crippen LogP contribution in [0.5, 0.6) is 0 Å². The predicted octanol–water partition coefficient (Wildman–Crippen LogP) is 4.86. The monoisotopic (exact) mass is 357 g/mol. The van der Waals surface area contributed by atoms with Gasteiger partial charge in [0.25, 0.3) is 5.91 Å². The maximum atomic E-state index is 13.1. The highest BCUT2D eigenvalue weighted by Gasteiger charge is 2.23. The van der Waals surface area contributed by atoms with Crippen molar-refractivity contribution in [1.29, 1.82) is 0 Å². The zero-order valence-corrected chi connectivity index (χ0v) is 15.4. The van der Waals surface area contributed by atoms with Gasteiger partial charge in [-0.2, -0.15) is 0 Å². The summed E-state index contributed by atoms with van der Waals surface area (Å²) in [7, 11) is 0. The first-order chi connectivity index (χ1) is 11.7. The molecule has 3 aromatic rings. The van der Waals surface area contributed by atoms with Crippen molar-refractivity contribution in [1.82, 2.24) is 9.97 Å². The molecule has 0 bridgehead atoms. The predicted molar refractivity (Wildman–Crippen MR) is 102 cm³/mol. The van der Waals surface area contributed by atoms with E-state index in [1.54, 1.807) is 22.4 Å². The van der Waals surface area contributed by atoms with E-state index < -0.39 is 0 Å². The molecule has 0 aliphatic carbocycles. The molecular formula is C18H19N3OS2. The van der Waals surface area contributed by atoms with Crippen LogP contribution in [-0.4, -0.2) is 28.7 Å². The van der Waals surface area contributed by atoms with E-state index in [4.69, 9.17) is 0 Å². The number of para-hydroxylation sites is 1. The number of thiazole rings is 1. The van der Waals surface area contributed by atoms with Crippen LogP contribution in [0.2, 0.25) is 0 Å². The first kappa shape index (κ1) is 16.9. The van der Waals surface area contributed by atoms with Gasteiger partial charge in [-0.1, -0.05) is 36.8 Å². The number of carbonyl (C=O) groups excluding carboxylic acids is 1. The highest BCUT2D eigenvalue weighted by Crippen LogP contribution is 2.30. The number of carbonyl (C=O) groups is 1. The Bertz CT molecular complexity index is 814. The molecule has 0 aliphatic rings. The molecule has 24 heavy (non-hydrogen) atoms. The van der Waals surface area contributed by atoms with Crippen molar-refractivity contribution < 1.29 is 4.79 Å². The lowest BCUT2D eigenvalue weighted by Crippen LogP contribution is -2.32. The second-order valence-electron chi connectivity index (χ2n) is 5.33. The molecule has 0 radical (unpaired) electrons. The third kappa shape index (κ3) is 3.44. The number of hydrogen-bond acceptors (Lipinski definition) is 5. The van der Waals surface area contributed by atoms with Crippen LogP contribution in [-0.2, 0) is 0 Å². The molecular weight excluding hydrogens is 338 g/mol. The van der Waals surface area contributed by atoms with Gasteiger partial charge in [-0.25, -0.2) is 9.97 Å². The number of thioether (sulfide) groups is 1. The summed E-state index contributed by atoms with van der Waals surface area (Å²) >= 11 is 3.05. The van der Waals surface area contributed by atoms with Crippen LogP contribution in [0.1, 0.15) is 30.1 Å². The van der Waals surface area contributed by atoms with E-state index in [-0.39, 0.29) is 5.91 Å². The van der Waals surface area contributed by atoms with Crippen molar-refractivity contribution in [2.45, 2.75) is 24.8 Å². The lowest BCUT2D eigenvalue weighted by molar-refractivity contribution is 0.0983. The number of hydrogen-bond donors (Lipinski definition) is 0. The van der Waals surface area contributed by atoms with E-state index in [1.165, 1.54) is 11.8 Å². The molecule has 0 aliphatic heterocycles. The summed E-state index contributed by atoms with van der Waals surface area (Å²) in [5, 5.41) is 1.51. The highest BCUT2D eigenvalue weighted by molar-refractivity contribution is 7.98. The fraction of sp³-hybridized carbons (Fsp3) is 0.278.